The van der Waals surface area contributed by atoms with E-state index in [4.69, 9.17) is 18.0 Å². The van der Waals surface area contributed by atoms with E-state index in [9.17, 15) is 0 Å². The van der Waals surface area contributed by atoms with E-state index < -0.39 is 0 Å². The van der Waals surface area contributed by atoms with E-state index in [0.717, 1.165) is 16.6 Å². The molecule has 0 bridgehead atoms. The van der Waals surface area contributed by atoms with Crippen LogP contribution < -0.4 is 5.73 Å². The molecule has 0 spiro atoms. The Labute approximate surface area is 80.6 Å². The summed E-state index contributed by atoms with van der Waals surface area (Å²) in [6.45, 7) is 0. The zero-order valence-electron chi connectivity index (χ0n) is 6.77. The molecule has 0 atom stereocenters. The SMILES string of the molecule is NC(=S)c1ccc2nccnc2c1. The van der Waals surface area contributed by atoms with Crippen molar-refractivity contribution in [2.24, 2.45) is 5.73 Å². The van der Waals surface area contributed by atoms with Gasteiger partial charge in [-0.25, -0.2) is 0 Å². The molecule has 4 heteroatoms. The lowest BCUT2D eigenvalue weighted by molar-refractivity contribution is 1.29. The van der Waals surface area contributed by atoms with Crippen LogP contribution in [0.5, 0.6) is 0 Å². The lowest BCUT2D eigenvalue weighted by Gasteiger charge is -1.99. The Kier molecular flexibility index (Phi) is 1.90. The Morgan fingerprint density at radius 3 is 2.54 bits per heavy atom. The minimum Gasteiger partial charge on any atom is -0.389 e. The fraction of sp³-hybridized carbons (Fsp3) is 0. The Balaban J connectivity index is 2.69. The Hall–Kier alpha value is -1.55. The third kappa shape index (κ3) is 1.48. The quantitative estimate of drug-likeness (QED) is 0.686. The maximum atomic E-state index is 5.49. The van der Waals surface area contributed by atoms with Gasteiger partial charge in [0.2, 0.25) is 0 Å². The van der Waals surface area contributed by atoms with E-state index in [2.05, 4.69) is 9.97 Å². The van der Waals surface area contributed by atoms with E-state index >= 15 is 0 Å². The monoisotopic (exact) mass is 189 g/mol. The highest BCUT2D eigenvalue weighted by molar-refractivity contribution is 7.80. The number of hydrogen-bond acceptors (Lipinski definition) is 3. The standard InChI is InChI=1S/C9H7N3S/c10-9(13)6-1-2-7-8(5-6)12-4-3-11-7/h1-5H,(H2,10,13). The number of hydrogen-bond donors (Lipinski definition) is 1. The minimum atomic E-state index is 0.382. The van der Waals surface area contributed by atoms with Crippen molar-refractivity contribution in [3.63, 3.8) is 0 Å². The average Bonchev–Trinajstić information content (AvgIpc) is 2.17. The van der Waals surface area contributed by atoms with Crippen LogP contribution in [0, 0.1) is 0 Å². The molecular weight excluding hydrogens is 182 g/mol. The second kappa shape index (κ2) is 3.06. The molecular formula is C9H7N3S. The largest absolute Gasteiger partial charge is 0.389 e. The van der Waals surface area contributed by atoms with Gasteiger partial charge in [-0.15, -0.1) is 0 Å². The molecule has 1 aromatic carbocycles. The third-order valence-electron chi connectivity index (χ3n) is 1.75. The lowest BCUT2D eigenvalue weighted by atomic mass is 10.2. The predicted molar refractivity (Wildman–Crippen MR) is 55.4 cm³/mol. The van der Waals surface area contributed by atoms with Crippen LogP contribution in [0.3, 0.4) is 0 Å². The highest BCUT2D eigenvalue weighted by Crippen LogP contribution is 2.10. The Bertz CT molecular complexity index is 467. The van der Waals surface area contributed by atoms with Gasteiger partial charge in [0.05, 0.1) is 11.0 Å². The number of rotatable bonds is 1. The van der Waals surface area contributed by atoms with E-state index in [0.29, 0.717) is 4.99 Å². The summed E-state index contributed by atoms with van der Waals surface area (Å²) in [5.41, 5.74) is 7.97. The van der Waals surface area contributed by atoms with Gasteiger partial charge in [-0.3, -0.25) is 9.97 Å². The molecule has 3 nitrogen and oxygen atoms in total. The summed E-state index contributed by atoms with van der Waals surface area (Å²) < 4.78 is 0. The molecule has 0 saturated carbocycles. The first-order valence-electron chi connectivity index (χ1n) is 3.78. The molecule has 1 aromatic heterocycles. The number of thiocarbonyl (C=S) groups is 1. The second-order valence-corrected chi connectivity index (χ2v) is 3.06. The van der Waals surface area contributed by atoms with Gasteiger partial charge in [-0.05, 0) is 18.2 Å². The normalized spacial score (nSPS) is 10.2. The molecule has 0 fully saturated rings. The molecule has 0 amide bonds. The molecule has 0 aliphatic rings. The molecule has 2 N–H and O–H groups in total. The van der Waals surface area contributed by atoms with Crippen LogP contribution in [-0.2, 0) is 0 Å². The van der Waals surface area contributed by atoms with Crippen LogP contribution in [0.25, 0.3) is 11.0 Å². The molecule has 0 saturated heterocycles. The van der Waals surface area contributed by atoms with Gasteiger partial charge < -0.3 is 5.73 Å². The van der Waals surface area contributed by atoms with E-state index in [-0.39, 0.29) is 0 Å². The first-order chi connectivity index (χ1) is 6.27. The zero-order valence-corrected chi connectivity index (χ0v) is 7.58. The highest BCUT2D eigenvalue weighted by atomic mass is 32.1. The molecule has 0 radical (unpaired) electrons. The van der Waals surface area contributed by atoms with Crippen molar-refractivity contribution in [3.05, 3.63) is 36.2 Å². The van der Waals surface area contributed by atoms with Crippen LogP contribution >= 0.6 is 12.2 Å². The van der Waals surface area contributed by atoms with Gasteiger partial charge in [0.15, 0.2) is 0 Å². The fourth-order valence-corrected chi connectivity index (χ4v) is 1.24. The maximum absolute atomic E-state index is 5.49. The van der Waals surface area contributed by atoms with Crippen molar-refractivity contribution in [1.29, 1.82) is 0 Å². The summed E-state index contributed by atoms with van der Waals surface area (Å²) in [5.74, 6) is 0. The molecule has 13 heavy (non-hydrogen) atoms. The van der Waals surface area contributed by atoms with Gasteiger partial charge in [0.25, 0.3) is 0 Å². The van der Waals surface area contributed by atoms with Crippen molar-refractivity contribution in [3.8, 4) is 0 Å². The third-order valence-corrected chi connectivity index (χ3v) is 1.99. The number of nitrogens with zero attached hydrogens (tertiary/aromatic N) is 2. The first-order valence-corrected chi connectivity index (χ1v) is 4.19. The Morgan fingerprint density at radius 2 is 1.85 bits per heavy atom. The lowest BCUT2D eigenvalue weighted by Crippen LogP contribution is -2.08. The number of benzene rings is 1. The number of fused-ring (bicyclic) bond motifs is 1. The van der Waals surface area contributed by atoms with E-state index in [1.54, 1.807) is 12.4 Å². The summed E-state index contributed by atoms with van der Waals surface area (Å²) >= 11 is 4.85. The summed E-state index contributed by atoms with van der Waals surface area (Å²) in [6.07, 6.45) is 3.30. The van der Waals surface area contributed by atoms with Crippen molar-refractivity contribution >= 4 is 28.2 Å². The summed E-state index contributed by atoms with van der Waals surface area (Å²) in [5, 5.41) is 0. The second-order valence-electron chi connectivity index (χ2n) is 2.62. The van der Waals surface area contributed by atoms with Crippen molar-refractivity contribution < 1.29 is 0 Å². The molecule has 0 aliphatic heterocycles. The van der Waals surface area contributed by atoms with Gasteiger partial charge in [-0.1, -0.05) is 12.2 Å². The molecule has 2 rings (SSSR count). The summed E-state index contributed by atoms with van der Waals surface area (Å²) in [7, 11) is 0. The fourth-order valence-electron chi connectivity index (χ4n) is 1.12. The predicted octanol–water partition coefficient (Wildman–Crippen LogP) is 1.26. The Morgan fingerprint density at radius 1 is 1.15 bits per heavy atom. The first kappa shape index (κ1) is 8.07. The van der Waals surface area contributed by atoms with Crippen molar-refractivity contribution in [2.75, 3.05) is 0 Å². The molecule has 0 unspecified atom stereocenters. The van der Waals surface area contributed by atoms with Gasteiger partial charge in [0, 0.05) is 18.0 Å². The van der Waals surface area contributed by atoms with Crippen LogP contribution in [0.15, 0.2) is 30.6 Å². The smallest absolute Gasteiger partial charge is 0.104 e. The minimum absolute atomic E-state index is 0.382. The van der Waals surface area contributed by atoms with E-state index in [1.165, 1.54) is 0 Å². The van der Waals surface area contributed by atoms with Crippen molar-refractivity contribution in [2.45, 2.75) is 0 Å². The van der Waals surface area contributed by atoms with Gasteiger partial charge in [0.1, 0.15) is 4.99 Å². The van der Waals surface area contributed by atoms with Crippen molar-refractivity contribution in [1.82, 2.24) is 9.97 Å². The summed E-state index contributed by atoms with van der Waals surface area (Å²) in [6, 6.07) is 5.54. The number of nitrogens with two attached hydrogens (primary N) is 1. The topological polar surface area (TPSA) is 51.8 Å². The zero-order chi connectivity index (χ0) is 9.26. The molecule has 64 valence electrons. The molecule has 2 aromatic rings. The van der Waals surface area contributed by atoms with Crippen LogP contribution in [0.2, 0.25) is 0 Å². The van der Waals surface area contributed by atoms with Gasteiger partial charge >= 0.3 is 0 Å². The highest BCUT2D eigenvalue weighted by Gasteiger charge is 1.98. The molecule has 0 aliphatic carbocycles. The maximum Gasteiger partial charge on any atom is 0.104 e. The summed E-state index contributed by atoms with van der Waals surface area (Å²) in [4.78, 5) is 8.66. The number of aromatic nitrogens is 2. The van der Waals surface area contributed by atoms with Crippen LogP contribution in [0.4, 0.5) is 0 Å². The van der Waals surface area contributed by atoms with E-state index in [1.807, 2.05) is 18.2 Å². The van der Waals surface area contributed by atoms with Crippen LogP contribution in [0.1, 0.15) is 5.56 Å². The molecule has 1 heterocycles. The average molecular weight is 189 g/mol. The van der Waals surface area contributed by atoms with Gasteiger partial charge in [-0.2, -0.15) is 0 Å². The van der Waals surface area contributed by atoms with Crippen LogP contribution in [-0.4, -0.2) is 15.0 Å².